The van der Waals surface area contributed by atoms with Gasteiger partial charge in [-0.2, -0.15) is 0 Å². The Morgan fingerprint density at radius 2 is 1.86 bits per heavy atom. The second kappa shape index (κ2) is 7.75. The molecular weight excluding hydrogens is 366 g/mol. The number of furan rings is 1. The van der Waals surface area contributed by atoms with Crippen molar-refractivity contribution in [2.45, 2.75) is 19.9 Å². The molecule has 0 bridgehead atoms. The van der Waals surface area contributed by atoms with Crippen LogP contribution in [0.1, 0.15) is 24.1 Å². The number of hydrogen-bond donors (Lipinski definition) is 1. The van der Waals surface area contributed by atoms with E-state index in [1.807, 2.05) is 37.3 Å². The average molecular weight is 387 g/mol. The fraction of sp³-hybridized carbons (Fsp3) is 0.174. The first-order valence-electron chi connectivity index (χ1n) is 9.48. The van der Waals surface area contributed by atoms with Crippen molar-refractivity contribution in [3.05, 3.63) is 82.1 Å². The van der Waals surface area contributed by atoms with Gasteiger partial charge in [0, 0.05) is 30.5 Å². The van der Waals surface area contributed by atoms with Gasteiger partial charge in [-0.05, 0) is 24.3 Å². The van der Waals surface area contributed by atoms with Crippen LogP contribution in [0.4, 0.5) is 0 Å². The summed E-state index contributed by atoms with van der Waals surface area (Å²) in [6.07, 6.45) is 4.05. The van der Waals surface area contributed by atoms with Crippen LogP contribution in [0.2, 0.25) is 0 Å². The van der Waals surface area contributed by atoms with Crippen LogP contribution in [0.5, 0.6) is 0 Å². The zero-order valence-corrected chi connectivity index (χ0v) is 16.3. The lowest BCUT2D eigenvalue weighted by Crippen LogP contribution is -2.26. The van der Waals surface area contributed by atoms with E-state index >= 15 is 0 Å². The Balaban J connectivity index is 1.56. The van der Waals surface area contributed by atoms with Crippen LogP contribution in [0, 0.1) is 0 Å². The van der Waals surface area contributed by atoms with Crippen LogP contribution in [0.15, 0.2) is 63.8 Å². The predicted molar refractivity (Wildman–Crippen MR) is 113 cm³/mol. The van der Waals surface area contributed by atoms with E-state index in [1.165, 1.54) is 11.0 Å². The number of benzene rings is 2. The summed E-state index contributed by atoms with van der Waals surface area (Å²) in [5.41, 5.74) is 2.13. The molecule has 0 atom stereocenters. The Hall–Kier alpha value is -3.67. The maximum absolute atomic E-state index is 12.6. The summed E-state index contributed by atoms with van der Waals surface area (Å²) < 4.78 is 5.86. The molecule has 146 valence electrons. The van der Waals surface area contributed by atoms with E-state index in [4.69, 9.17) is 4.42 Å². The van der Waals surface area contributed by atoms with Gasteiger partial charge in [-0.3, -0.25) is 9.59 Å². The highest BCUT2D eigenvalue weighted by Gasteiger charge is 2.12. The molecule has 6 nitrogen and oxygen atoms in total. The highest BCUT2D eigenvalue weighted by Crippen LogP contribution is 2.27. The van der Waals surface area contributed by atoms with E-state index in [0.717, 1.165) is 28.7 Å². The largest absolute Gasteiger partial charge is 0.460 e. The van der Waals surface area contributed by atoms with E-state index < -0.39 is 0 Å². The number of fused-ring (bicyclic) bond motifs is 2. The number of nitrogens with one attached hydrogen (secondary N) is 1. The number of nitrogens with zero attached hydrogens (tertiary/aromatic N) is 2. The number of para-hydroxylation sites is 2. The molecular formula is C23H21N3O3. The number of carbonyl (C=O) groups is 1. The van der Waals surface area contributed by atoms with Crippen molar-refractivity contribution in [3.63, 3.8) is 0 Å². The van der Waals surface area contributed by atoms with E-state index in [-0.39, 0.29) is 18.0 Å². The molecule has 29 heavy (non-hydrogen) atoms. The number of aromatic nitrogens is 2. The first-order valence-corrected chi connectivity index (χ1v) is 9.48. The molecule has 6 heteroatoms. The zero-order chi connectivity index (χ0) is 20.4. The van der Waals surface area contributed by atoms with Crippen molar-refractivity contribution >= 4 is 33.9 Å². The molecule has 0 aliphatic rings. The third-order valence-electron chi connectivity index (χ3n) is 4.85. The van der Waals surface area contributed by atoms with Gasteiger partial charge in [0.2, 0.25) is 5.91 Å². The average Bonchev–Trinajstić information content (AvgIpc) is 3.09. The molecule has 0 radical (unpaired) electrons. The maximum Gasteiger partial charge on any atom is 0.258 e. The first-order chi connectivity index (χ1) is 14.1. The van der Waals surface area contributed by atoms with Crippen LogP contribution in [-0.2, 0) is 17.8 Å². The fourth-order valence-electron chi connectivity index (χ4n) is 3.36. The van der Waals surface area contributed by atoms with Crippen LogP contribution in [0.25, 0.3) is 27.9 Å². The topological polar surface area (TPSA) is 79.2 Å². The number of H-pyrrole nitrogens is 1. The van der Waals surface area contributed by atoms with Crippen LogP contribution >= 0.6 is 0 Å². The number of amides is 1. The molecule has 0 saturated heterocycles. The number of carbonyl (C=O) groups excluding carboxylic acids is 1. The molecule has 1 amide bonds. The monoisotopic (exact) mass is 387 g/mol. The molecule has 2 aromatic carbocycles. The van der Waals surface area contributed by atoms with E-state index in [0.29, 0.717) is 16.7 Å². The minimum Gasteiger partial charge on any atom is -0.460 e. The van der Waals surface area contributed by atoms with Gasteiger partial charge in [0.15, 0.2) is 0 Å². The Bertz CT molecular complexity index is 1280. The molecule has 0 unspecified atom stereocenters. The molecule has 2 aromatic heterocycles. The van der Waals surface area contributed by atoms with Crippen molar-refractivity contribution in [2.24, 2.45) is 0 Å². The second-order valence-electron chi connectivity index (χ2n) is 6.85. The van der Waals surface area contributed by atoms with E-state index in [1.54, 1.807) is 31.3 Å². The molecule has 1 N–H and O–H groups in total. The summed E-state index contributed by atoms with van der Waals surface area (Å²) in [6.45, 7) is 2.22. The molecule has 2 heterocycles. The van der Waals surface area contributed by atoms with Crippen molar-refractivity contribution in [3.8, 4) is 0 Å². The molecule has 0 aliphatic carbocycles. The number of hydrogen-bond acceptors (Lipinski definition) is 4. The lowest BCUT2D eigenvalue weighted by Gasteiger charge is -2.14. The molecule has 0 spiro atoms. The van der Waals surface area contributed by atoms with Gasteiger partial charge in [-0.15, -0.1) is 0 Å². The van der Waals surface area contributed by atoms with Crippen LogP contribution in [0.3, 0.4) is 0 Å². The third-order valence-corrected chi connectivity index (χ3v) is 4.85. The molecule has 0 saturated carbocycles. The molecule has 0 aliphatic heterocycles. The maximum atomic E-state index is 12.6. The minimum atomic E-state index is -0.209. The minimum absolute atomic E-state index is 0.187. The smallest absolute Gasteiger partial charge is 0.258 e. The van der Waals surface area contributed by atoms with E-state index in [9.17, 15) is 9.59 Å². The van der Waals surface area contributed by atoms with Crippen molar-refractivity contribution < 1.29 is 9.21 Å². The highest BCUT2D eigenvalue weighted by molar-refractivity contribution is 5.96. The lowest BCUT2D eigenvalue weighted by atomic mass is 10.1. The van der Waals surface area contributed by atoms with Gasteiger partial charge in [0.1, 0.15) is 17.2 Å². The Morgan fingerprint density at radius 1 is 1.14 bits per heavy atom. The van der Waals surface area contributed by atoms with Gasteiger partial charge < -0.3 is 14.3 Å². The molecule has 4 rings (SSSR count). The number of likely N-dealkylation sites (N-methyl/N-ethyl adjacent to an activating group) is 1. The third kappa shape index (κ3) is 3.69. The molecule has 0 fully saturated rings. The molecule has 4 aromatic rings. The van der Waals surface area contributed by atoms with Gasteiger partial charge >= 0.3 is 0 Å². The van der Waals surface area contributed by atoms with Crippen molar-refractivity contribution in [1.82, 2.24) is 14.9 Å². The van der Waals surface area contributed by atoms with Gasteiger partial charge in [0.05, 0.1) is 17.4 Å². The van der Waals surface area contributed by atoms with Gasteiger partial charge in [0.25, 0.3) is 5.56 Å². The summed E-state index contributed by atoms with van der Waals surface area (Å²) in [6, 6.07) is 14.9. The second-order valence-corrected chi connectivity index (χ2v) is 6.85. The summed E-state index contributed by atoms with van der Waals surface area (Å²) >= 11 is 0. The van der Waals surface area contributed by atoms with Crippen LogP contribution in [-0.4, -0.2) is 27.8 Å². The zero-order valence-electron chi connectivity index (χ0n) is 16.3. The fourth-order valence-corrected chi connectivity index (χ4v) is 3.36. The summed E-state index contributed by atoms with van der Waals surface area (Å²) in [4.78, 5) is 33.5. The predicted octanol–water partition coefficient (Wildman–Crippen LogP) is 3.90. The number of aromatic amines is 1. The number of rotatable bonds is 5. The standard InChI is InChI=1S/C23H21N3O3/c1-3-19-16(15-8-5-7-11-20(15)29-19)12-13-22(27)26(2)14-21-24-18-10-6-4-9-17(18)23(28)25-21/h4-13H,3,14H2,1-2H3,(H,24,25,28)/b13-12+. The Labute approximate surface area is 167 Å². The van der Waals surface area contributed by atoms with Gasteiger partial charge in [-0.25, -0.2) is 4.98 Å². The van der Waals surface area contributed by atoms with Gasteiger partial charge in [-0.1, -0.05) is 37.3 Å². The quantitative estimate of drug-likeness (QED) is 0.527. The Morgan fingerprint density at radius 3 is 2.66 bits per heavy atom. The van der Waals surface area contributed by atoms with Crippen molar-refractivity contribution in [1.29, 1.82) is 0 Å². The number of aryl methyl sites for hydroxylation is 1. The normalized spacial score (nSPS) is 11.5. The van der Waals surface area contributed by atoms with E-state index in [2.05, 4.69) is 9.97 Å². The summed E-state index contributed by atoms with van der Waals surface area (Å²) in [5.74, 6) is 1.10. The highest BCUT2D eigenvalue weighted by atomic mass is 16.3. The summed E-state index contributed by atoms with van der Waals surface area (Å²) in [5, 5.41) is 1.51. The summed E-state index contributed by atoms with van der Waals surface area (Å²) in [7, 11) is 1.68. The lowest BCUT2D eigenvalue weighted by molar-refractivity contribution is -0.125. The van der Waals surface area contributed by atoms with Crippen molar-refractivity contribution in [2.75, 3.05) is 7.05 Å². The Kier molecular flexibility index (Phi) is 4.99. The first kappa shape index (κ1) is 18.7. The SMILES string of the molecule is CCc1oc2ccccc2c1/C=C/C(=O)N(C)Cc1nc2ccccc2c(=O)[nH]1. The van der Waals surface area contributed by atoms with Crippen LogP contribution < -0.4 is 5.56 Å².